The lowest BCUT2D eigenvalue weighted by Crippen LogP contribution is -2.50. The minimum atomic E-state index is -0.500. The summed E-state index contributed by atoms with van der Waals surface area (Å²) in [4.78, 5) is 14.1. The molecular weight excluding hydrogens is 330 g/mol. The van der Waals surface area contributed by atoms with Crippen molar-refractivity contribution in [3.8, 4) is 5.75 Å². The number of aliphatic hydroxyl groups excluding tert-OH is 1. The van der Waals surface area contributed by atoms with Crippen LogP contribution in [0, 0.1) is 5.92 Å². The highest BCUT2D eigenvalue weighted by molar-refractivity contribution is 5.89. The molecule has 1 aliphatic heterocycles. The Morgan fingerprint density at radius 3 is 2.69 bits per heavy atom. The maximum atomic E-state index is 11.7. The van der Waals surface area contributed by atoms with Gasteiger partial charge in [-0.25, -0.2) is 4.79 Å². The number of esters is 1. The van der Waals surface area contributed by atoms with E-state index in [-0.39, 0.29) is 12.6 Å². The number of aliphatic hydroxyl groups is 1. The largest absolute Gasteiger partial charge is 0.491 e. The SMILES string of the molecule is CCOC(=O)c1ccc(OCC(O)CN2CCCC3CCCCC32)cc1. The lowest BCUT2D eigenvalue weighted by atomic mass is 9.78. The minimum absolute atomic E-state index is 0.270. The molecule has 144 valence electrons. The molecule has 0 radical (unpaired) electrons. The van der Waals surface area contributed by atoms with Crippen molar-refractivity contribution in [3.05, 3.63) is 29.8 Å². The summed E-state index contributed by atoms with van der Waals surface area (Å²) in [6.45, 7) is 4.19. The number of benzene rings is 1. The van der Waals surface area contributed by atoms with E-state index in [1.54, 1.807) is 31.2 Å². The van der Waals surface area contributed by atoms with Gasteiger partial charge < -0.3 is 14.6 Å². The molecule has 26 heavy (non-hydrogen) atoms. The number of piperidine rings is 1. The third-order valence-electron chi connectivity index (χ3n) is 5.61. The lowest BCUT2D eigenvalue weighted by Gasteiger charge is -2.44. The maximum absolute atomic E-state index is 11.7. The molecule has 1 N–H and O–H groups in total. The molecule has 1 aliphatic carbocycles. The Balaban J connectivity index is 1.46. The number of carbonyl (C=O) groups is 1. The second-order valence-electron chi connectivity index (χ2n) is 7.46. The molecule has 2 aliphatic rings. The number of nitrogens with zero attached hydrogens (tertiary/aromatic N) is 1. The summed E-state index contributed by atoms with van der Waals surface area (Å²) >= 11 is 0. The molecule has 2 fully saturated rings. The van der Waals surface area contributed by atoms with Crippen molar-refractivity contribution < 1.29 is 19.4 Å². The number of β-amino-alcohol motifs (C(OH)–C–C–N with tert-alkyl or cyclic N) is 1. The second kappa shape index (κ2) is 9.38. The van der Waals surface area contributed by atoms with E-state index in [4.69, 9.17) is 9.47 Å². The van der Waals surface area contributed by atoms with Crippen molar-refractivity contribution in [3.63, 3.8) is 0 Å². The molecule has 3 atom stereocenters. The van der Waals surface area contributed by atoms with Crippen LogP contribution in [0.15, 0.2) is 24.3 Å². The zero-order valence-corrected chi connectivity index (χ0v) is 15.7. The predicted molar refractivity (Wildman–Crippen MR) is 100 cm³/mol. The molecule has 1 saturated carbocycles. The topological polar surface area (TPSA) is 59.0 Å². The van der Waals surface area contributed by atoms with Gasteiger partial charge in [0.25, 0.3) is 0 Å². The van der Waals surface area contributed by atoms with Gasteiger partial charge in [-0.3, -0.25) is 4.90 Å². The summed E-state index contributed by atoms with van der Waals surface area (Å²) in [5, 5.41) is 10.4. The molecule has 0 aromatic heterocycles. The van der Waals surface area contributed by atoms with Gasteiger partial charge in [-0.15, -0.1) is 0 Å². The van der Waals surface area contributed by atoms with Gasteiger partial charge in [0.05, 0.1) is 12.2 Å². The molecule has 0 bridgehead atoms. The average molecular weight is 361 g/mol. The van der Waals surface area contributed by atoms with Crippen LogP contribution in [0.4, 0.5) is 0 Å². The van der Waals surface area contributed by atoms with Gasteiger partial charge in [0.1, 0.15) is 18.5 Å². The van der Waals surface area contributed by atoms with Crippen LogP contribution in [-0.2, 0) is 4.74 Å². The predicted octanol–water partition coefficient (Wildman–Crippen LogP) is 3.26. The summed E-state index contributed by atoms with van der Waals surface area (Å²) in [5.41, 5.74) is 0.511. The molecule has 1 aromatic rings. The Morgan fingerprint density at radius 2 is 1.92 bits per heavy atom. The van der Waals surface area contributed by atoms with E-state index in [2.05, 4.69) is 4.90 Å². The lowest BCUT2D eigenvalue weighted by molar-refractivity contribution is 0.00653. The smallest absolute Gasteiger partial charge is 0.338 e. The fourth-order valence-corrected chi connectivity index (χ4v) is 4.37. The molecule has 0 amide bonds. The van der Waals surface area contributed by atoms with Gasteiger partial charge in [0.15, 0.2) is 0 Å². The molecule has 1 heterocycles. The van der Waals surface area contributed by atoms with Crippen molar-refractivity contribution in [2.75, 3.05) is 26.3 Å². The average Bonchev–Trinajstić information content (AvgIpc) is 2.67. The Morgan fingerprint density at radius 1 is 1.19 bits per heavy atom. The Hall–Kier alpha value is -1.59. The van der Waals surface area contributed by atoms with Crippen LogP contribution in [0.1, 0.15) is 55.8 Å². The summed E-state index contributed by atoms with van der Waals surface area (Å²) in [6.07, 6.45) is 7.39. The first kappa shape index (κ1) is 19.2. The van der Waals surface area contributed by atoms with Gasteiger partial charge in [-0.1, -0.05) is 12.8 Å². The summed E-state index contributed by atoms with van der Waals surface area (Å²) in [5.74, 6) is 1.15. The fraction of sp³-hybridized carbons (Fsp3) is 0.667. The van der Waals surface area contributed by atoms with Crippen molar-refractivity contribution in [1.82, 2.24) is 4.90 Å². The summed E-state index contributed by atoms with van der Waals surface area (Å²) < 4.78 is 10.7. The first-order valence-electron chi connectivity index (χ1n) is 9.99. The molecule has 0 spiro atoms. The fourth-order valence-electron chi connectivity index (χ4n) is 4.37. The zero-order valence-electron chi connectivity index (χ0n) is 15.7. The van der Waals surface area contributed by atoms with Crippen LogP contribution in [0.3, 0.4) is 0 Å². The summed E-state index contributed by atoms with van der Waals surface area (Å²) in [7, 11) is 0. The molecule has 3 rings (SSSR count). The van der Waals surface area contributed by atoms with Crippen LogP contribution < -0.4 is 4.74 Å². The van der Waals surface area contributed by atoms with E-state index in [1.165, 1.54) is 38.5 Å². The number of carbonyl (C=O) groups excluding carboxylic acids is 1. The number of hydrogen-bond acceptors (Lipinski definition) is 5. The number of hydrogen-bond donors (Lipinski definition) is 1. The normalized spacial score (nSPS) is 24.5. The van der Waals surface area contributed by atoms with Gasteiger partial charge in [-0.05, 0) is 69.3 Å². The van der Waals surface area contributed by atoms with Gasteiger partial charge in [0.2, 0.25) is 0 Å². The zero-order chi connectivity index (χ0) is 18.4. The second-order valence-corrected chi connectivity index (χ2v) is 7.46. The third kappa shape index (κ3) is 4.98. The number of likely N-dealkylation sites (tertiary alicyclic amines) is 1. The highest BCUT2D eigenvalue weighted by Crippen LogP contribution is 2.35. The molecule has 5 heteroatoms. The maximum Gasteiger partial charge on any atom is 0.338 e. The minimum Gasteiger partial charge on any atom is -0.491 e. The van der Waals surface area contributed by atoms with Crippen LogP contribution in [-0.4, -0.2) is 54.4 Å². The highest BCUT2D eigenvalue weighted by Gasteiger charge is 2.33. The highest BCUT2D eigenvalue weighted by atomic mass is 16.5. The van der Waals surface area contributed by atoms with Crippen molar-refractivity contribution >= 4 is 5.97 Å². The Bertz CT molecular complexity index is 572. The Kier molecular flexibility index (Phi) is 6.92. The first-order chi connectivity index (χ1) is 12.7. The number of rotatable bonds is 7. The van der Waals surface area contributed by atoms with Crippen molar-refractivity contribution in [1.29, 1.82) is 0 Å². The van der Waals surface area contributed by atoms with E-state index >= 15 is 0 Å². The van der Waals surface area contributed by atoms with Crippen LogP contribution in [0.2, 0.25) is 0 Å². The van der Waals surface area contributed by atoms with Crippen LogP contribution in [0.25, 0.3) is 0 Å². The molecule has 3 unspecified atom stereocenters. The first-order valence-corrected chi connectivity index (χ1v) is 9.99. The number of fused-ring (bicyclic) bond motifs is 1. The van der Waals surface area contributed by atoms with Crippen LogP contribution >= 0.6 is 0 Å². The molecule has 1 saturated heterocycles. The van der Waals surface area contributed by atoms with E-state index in [0.717, 1.165) is 12.5 Å². The van der Waals surface area contributed by atoms with E-state index < -0.39 is 6.10 Å². The standard InChI is InChI=1S/C21H31NO4/c1-2-25-21(24)17-9-11-19(12-10-17)26-15-18(23)14-22-13-5-7-16-6-3-4-8-20(16)22/h9-12,16,18,20,23H,2-8,13-15H2,1H3. The van der Waals surface area contributed by atoms with Gasteiger partial charge in [-0.2, -0.15) is 0 Å². The van der Waals surface area contributed by atoms with E-state index in [9.17, 15) is 9.90 Å². The molecule has 1 aromatic carbocycles. The van der Waals surface area contributed by atoms with Crippen molar-refractivity contribution in [2.24, 2.45) is 5.92 Å². The van der Waals surface area contributed by atoms with Gasteiger partial charge in [0, 0.05) is 12.6 Å². The Labute approximate surface area is 156 Å². The monoisotopic (exact) mass is 361 g/mol. The van der Waals surface area contributed by atoms with Crippen molar-refractivity contribution in [2.45, 2.75) is 57.6 Å². The third-order valence-corrected chi connectivity index (χ3v) is 5.61. The van der Waals surface area contributed by atoms with E-state index in [1.807, 2.05) is 0 Å². The molecular formula is C21H31NO4. The number of ether oxygens (including phenoxy) is 2. The van der Waals surface area contributed by atoms with Crippen LogP contribution in [0.5, 0.6) is 5.75 Å². The molecule has 5 nitrogen and oxygen atoms in total. The summed E-state index contributed by atoms with van der Waals surface area (Å²) in [6, 6.07) is 7.53. The quantitative estimate of drug-likeness (QED) is 0.756. The van der Waals surface area contributed by atoms with Gasteiger partial charge >= 0.3 is 5.97 Å². The van der Waals surface area contributed by atoms with E-state index in [0.29, 0.717) is 30.5 Å².